The summed E-state index contributed by atoms with van der Waals surface area (Å²) in [6, 6.07) is 13.0. The average molecular weight is 1110 g/mol. The van der Waals surface area contributed by atoms with Gasteiger partial charge in [0, 0.05) is 35.8 Å². The maximum Gasteiger partial charge on any atom is 0.389 e. The van der Waals surface area contributed by atoms with Gasteiger partial charge in [-0.3, -0.25) is 0 Å². The molecular weight excluding hydrogens is 1010 g/mol. The van der Waals surface area contributed by atoms with E-state index in [0.717, 1.165) is 25.9 Å². The van der Waals surface area contributed by atoms with Gasteiger partial charge in [-0.15, -0.1) is 0 Å². The van der Waals surface area contributed by atoms with Crippen molar-refractivity contribution in [2.24, 2.45) is 0 Å². The Morgan fingerprint density at radius 1 is 0.385 bits per heavy atom. The van der Waals surface area contributed by atoms with Crippen LogP contribution in [0.1, 0.15) is 32.1 Å². The first kappa shape index (κ1) is 68.2. The van der Waals surface area contributed by atoms with Crippen molar-refractivity contribution in [1.82, 2.24) is 0 Å². The molecule has 0 radical (unpaired) electrons. The normalized spacial score (nSPS) is 15.9. The molecule has 0 aliphatic rings. The monoisotopic (exact) mass is 1110 g/mol. The van der Waals surface area contributed by atoms with Crippen molar-refractivity contribution in [2.45, 2.75) is 227 Å². The molecule has 0 spiro atoms. The van der Waals surface area contributed by atoms with Crippen LogP contribution in [-0.2, 0) is 33.5 Å². The second-order valence-electron chi connectivity index (χ2n) is 25.6. The molecule has 0 aliphatic carbocycles. The van der Waals surface area contributed by atoms with Gasteiger partial charge in [-0.2, -0.15) is 13.2 Å². The van der Waals surface area contributed by atoms with Crippen LogP contribution in [-0.4, -0.2) is 112 Å². The second kappa shape index (κ2) is 27.2. The van der Waals surface area contributed by atoms with Crippen LogP contribution in [0.2, 0.25) is 188 Å². The van der Waals surface area contributed by atoms with Gasteiger partial charge in [0.25, 0.3) is 0 Å². The van der Waals surface area contributed by atoms with Gasteiger partial charge in [0.1, 0.15) is 0 Å². The minimum absolute atomic E-state index is 0.0734. The molecular formula is C43H103F3O8Si11. The molecule has 2 atom stereocenters. The zero-order valence-electron chi connectivity index (χ0n) is 46.9. The number of benzene rings is 1. The highest BCUT2D eigenvalue weighted by Gasteiger charge is 2.46. The van der Waals surface area contributed by atoms with E-state index in [0.29, 0.717) is 6.61 Å². The molecule has 0 N–H and O–H groups in total. The van der Waals surface area contributed by atoms with Gasteiger partial charge in [-0.1, -0.05) is 94.5 Å². The Bertz CT molecular complexity index is 1440. The van der Waals surface area contributed by atoms with Crippen LogP contribution in [0.5, 0.6) is 0 Å². The van der Waals surface area contributed by atoms with Gasteiger partial charge < -0.3 is 33.5 Å². The fourth-order valence-electron chi connectivity index (χ4n) is 7.50. The molecule has 0 heterocycles. The maximum atomic E-state index is 12.8. The van der Waals surface area contributed by atoms with E-state index in [1.165, 1.54) is 23.7 Å². The Labute approximate surface area is 411 Å². The molecule has 0 saturated heterocycles. The van der Waals surface area contributed by atoms with Crippen LogP contribution in [0.4, 0.5) is 13.2 Å². The number of hydrogen-bond donors (Lipinski definition) is 0. The van der Waals surface area contributed by atoms with E-state index in [9.17, 15) is 13.2 Å². The Kier molecular flexibility index (Phi) is 28.5. The average Bonchev–Trinajstić information content (AvgIpc) is 2.98. The molecule has 1 aromatic rings. The van der Waals surface area contributed by atoms with Crippen LogP contribution in [0.3, 0.4) is 0 Å². The third kappa shape index (κ3) is 42.5. The lowest BCUT2D eigenvalue weighted by molar-refractivity contribution is -0.131. The Balaban J connectivity index is 0. The van der Waals surface area contributed by atoms with Crippen LogP contribution in [0.25, 0.3) is 0 Å². The zero-order valence-corrected chi connectivity index (χ0v) is 57.9. The van der Waals surface area contributed by atoms with Crippen LogP contribution < -0.4 is 5.19 Å². The highest BCUT2D eigenvalue weighted by Crippen LogP contribution is 2.31. The number of unbranched alkanes of at least 4 members (excludes halogenated alkanes) is 2. The van der Waals surface area contributed by atoms with E-state index in [2.05, 4.69) is 175 Å². The van der Waals surface area contributed by atoms with E-state index >= 15 is 0 Å². The van der Waals surface area contributed by atoms with Crippen molar-refractivity contribution >= 4 is 97.4 Å². The molecule has 388 valence electrons. The van der Waals surface area contributed by atoms with E-state index in [1.54, 1.807) is 6.55 Å². The summed E-state index contributed by atoms with van der Waals surface area (Å²) < 4.78 is 88.5. The van der Waals surface area contributed by atoms with Crippen molar-refractivity contribution < 1.29 is 46.7 Å². The summed E-state index contributed by atoms with van der Waals surface area (Å²) in [5.41, 5.74) is 0. The number of hydrogen-bond acceptors (Lipinski definition) is 8. The first-order chi connectivity index (χ1) is 28.5. The van der Waals surface area contributed by atoms with E-state index in [1.807, 2.05) is 19.2 Å². The lowest BCUT2D eigenvalue weighted by Gasteiger charge is -2.38. The Morgan fingerprint density at radius 3 is 1.03 bits per heavy atom. The largest absolute Gasteiger partial charge is 0.437 e. The fourth-order valence-corrected chi connectivity index (χ4v) is 47.6. The van der Waals surface area contributed by atoms with Crippen molar-refractivity contribution in [3.8, 4) is 0 Å². The van der Waals surface area contributed by atoms with E-state index < -0.39 is 105 Å². The van der Waals surface area contributed by atoms with Crippen LogP contribution in [0.15, 0.2) is 30.3 Å². The summed E-state index contributed by atoms with van der Waals surface area (Å²) >= 11 is 0. The van der Waals surface area contributed by atoms with Crippen molar-refractivity contribution in [1.29, 1.82) is 0 Å². The maximum absolute atomic E-state index is 12.8. The molecule has 1 rings (SSSR count). The molecule has 0 aliphatic heterocycles. The van der Waals surface area contributed by atoms with Crippen molar-refractivity contribution in [3.05, 3.63) is 30.3 Å². The first-order valence-corrected chi connectivity index (χ1v) is 58.4. The van der Waals surface area contributed by atoms with Crippen molar-refractivity contribution in [2.75, 3.05) is 13.2 Å². The van der Waals surface area contributed by atoms with Crippen molar-refractivity contribution in [3.63, 3.8) is 0 Å². The van der Waals surface area contributed by atoms with Gasteiger partial charge in [0.2, 0.25) is 0 Å². The SMILES string of the molecule is C[Si](C)(C)CCCCO[Si](C)(CCC(F)(F)F)O[Si](C)(C)O[Si](C)(C)C.C[Si](C)(C)CCCCO[Si](C)(O[Si](C)(C)O[Si](C)(C)C)c1ccccc1.C[Si](C)(C)O[Si](C)(C)O[Si](C)(C)C. The predicted octanol–water partition coefficient (Wildman–Crippen LogP) is 15.8. The molecule has 0 bridgehead atoms. The van der Waals surface area contributed by atoms with Gasteiger partial charge in [0.05, 0.1) is 0 Å². The molecule has 65 heavy (non-hydrogen) atoms. The molecule has 1 aromatic carbocycles. The van der Waals surface area contributed by atoms with E-state index in [4.69, 9.17) is 33.5 Å². The topological polar surface area (TPSA) is 73.8 Å². The predicted molar refractivity (Wildman–Crippen MR) is 304 cm³/mol. The van der Waals surface area contributed by atoms with Crippen LogP contribution >= 0.6 is 0 Å². The summed E-state index contributed by atoms with van der Waals surface area (Å²) in [6.45, 7) is 58.1. The lowest BCUT2D eigenvalue weighted by atomic mass is 10.4. The molecule has 8 nitrogen and oxygen atoms in total. The molecule has 0 aromatic heterocycles. The standard InChI is InChI=1S/C19H40O3Si4.C16H39F3O3Si4.C8H24O2Si3/c1-23(2,3)18-14-13-17-20-26(9,19-15-11-10-12-16-19)22-25(7,8)21-24(4,5)6;1-23(2,3)14-11-10-13-20-26(9,15-12-16(17,18)19)22-25(7,8)21-24(4,5)6;1-11(2,3)9-13(7,8)10-12(4,5)6/h10-12,15-16H,13-14,17-18H2,1-9H3;10-15H2,1-9H3;1-8H3. The quantitative estimate of drug-likeness (QED) is 0.0637. The highest BCUT2D eigenvalue weighted by atomic mass is 28.5. The van der Waals surface area contributed by atoms with E-state index in [-0.39, 0.29) is 6.04 Å². The van der Waals surface area contributed by atoms with Gasteiger partial charge in [0.15, 0.2) is 33.3 Å². The summed E-state index contributed by atoms with van der Waals surface area (Å²) in [7, 11) is -20.5. The summed E-state index contributed by atoms with van der Waals surface area (Å²) in [5, 5.41) is 1.20. The third-order valence-electron chi connectivity index (χ3n) is 8.70. The third-order valence-corrected chi connectivity index (χ3v) is 41.4. The van der Waals surface area contributed by atoms with Crippen LogP contribution in [0, 0.1) is 0 Å². The minimum Gasteiger partial charge on any atom is -0.437 e. The molecule has 0 saturated carbocycles. The minimum atomic E-state index is -4.19. The molecule has 0 amide bonds. The lowest BCUT2D eigenvalue weighted by Crippen LogP contribution is -2.60. The number of halogens is 3. The molecule has 0 fully saturated rings. The summed E-state index contributed by atoms with van der Waals surface area (Å²) in [6.07, 6.45) is -0.752. The smallest absolute Gasteiger partial charge is 0.389 e. The molecule has 2 unspecified atom stereocenters. The second-order valence-corrected chi connectivity index (χ2v) is 72.8. The number of rotatable bonds is 27. The zero-order chi connectivity index (χ0) is 51.8. The Hall–Kier alpha value is 1.08. The fraction of sp³-hybridized carbons (Fsp3) is 0.860. The first-order valence-electron chi connectivity index (χ1n) is 24.1. The number of alkyl halides is 3. The van der Waals surface area contributed by atoms with Gasteiger partial charge in [-0.05, 0) is 155 Å². The van der Waals surface area contributed by atoms with Gasteiger partial charge in [-0.25, -0.2) is 0 Å². The Morgan fingerprint density at radius 2 is 0.708 bits per heavy atom. The summed E-state index contributed by atoms with van der Waals surface area (Å²) in [4.78, 5) is 0. The highest BCUT2D eigenvalue weighted by molar-refractivity contribution is 6.91. The summed E-state index contributed by atoms with van der Waals surface area (Å²) in [5.74, 6) is 0. The van der Waals surface area contributed by atoms with Gasteiger partial charge >= 0.3 is 49.0 Å². The molecule has 22 heteroatoms.